The molecule has 0 aliphatic heterocycles. The van der Waals surface area contributed by atoms with Crippen molar-refractivity contribution in [1.82, 2.24) is 10.2 Å². The average Bonchev–Trinajstić information content (AvgIpc) is 2.53. The van der Waals surface area contributed by atoms with Gasteiger partial charge in [0.1, 0.15) is 5.75 Å². The van der Waals surface area contributed by atoms with Crippen molar-refractivity contribution in [1.29, 1.82) is 0 Å². The van der Waals surface area contributed by atoms with E-state index >= 15 is 0 Å². The number of rotatable bonds is 9. The summed E-state index contributed by atoms with van der Waals surface area (Å²) in [4.78, 5) is 6.50. The Labute approximate surface area is 158 Å². The van der Waals surface area contributed by atoms with Gasteiger partial charge in [-0.15, -0.1) is 24.0 Å². The number of unbranched alkanes of at least 4 members (excludes halogenated alkanes) is 2. The van der Waals surface area contributed by atoms with Crippen molar-refractivity contribution < 1.29 is 4.74 Å². The second kappa shape index (κ2) is 13.5. The molecule has 0 saturated heterocycles. The van der Waals surface area contributed by atoms with Crippen LogP contribution in [0.3, 0.4) is 0 Å². The Hall–Kier alpha value is -0.980. The number of nitrogens with one attached hydrogen (secondary N) is 1. The van der Waals surface area contributed by atoms with Crippen LogP contribution in [-0.4, -0.2) is 44.7 Å². The molecule has 0 atom stereocenters. The number of hydrogen-bond acceptors (Lipinski definition) is 2. The van der Waals surface area contributed by atoms with E-state index in [1.54, 1.807) is 0 Å². The first-order chi connectivity index (χ1) is 10.7. The molecule has 0 fully saturated rings. The summed E-state index contributed by atoms with van der Waals surface area (Å²) in [5.74, 6) is 1.93. The Morgan fingerprint density at radius 2 is 1.87 bits per heavy atom. The Bertz CT molecular complexity index is 434. The summed E-state index contributed by atoms with van der Waals surface area (Å²) >= 11 is 0. The summed E-state index contributed by atoms with van der Waals surface area (Å²) in [6, 6.07) is 8.20. The monoisotopic (exact) mass is 433 g/mol. The zero-order chi connectivity index (χ0) is 16.2. The Morgan fingerprint density at radius 1 is 1.17 bits per heavy atom. The van der Waals surface area contributed by atoms with Gasteiger partial charge in [-0.1, -0.05) is 31.0 Å². The molecule has 0 aromatic heterocycles. The van der Waals surface area contributed by atoms with E-state index in [2.05, 4.69) is 48.2 Å². The van der Waals surface area contributed by atoms with E-state index in [-0.39, 0.29) is 24.0 Å². The van der Waals surface area contributed by atoms with Crippen LogP contribution in [0, 0.1) is 6.92 Å². The zero-order valence-corrected chi connectivity index (χ0v) is 17.3. The molecule has 0 heterocycles. The Morgan fingerprint density at radius 3 is 2.48 bits per heavy atom. The minimum absolute atomic E-state index is 0. The molecule has 0 aliphatic carbocycles. The molecule has 1 aromatic carbocycles. The second-order valence-corrected chi connectivity index (χ2v) is 5.62. The van der Waals surface area contributed by atoms with Crippen molar-refractivity contribution in [3.63, 3.8) is 0 Å². The number of benzene rings is 1. The highest BCUT2D eigenvalue weighted by atomic mass is 127. The third-order valence-corrected chi connectivity index (χ3v) is 3.56. The molecule has 0 bridgehead atoms. The standard InChI is InChI=1S/C18H31N3O.HI/c1-5-6-14-21(4)18(19-3)20-13-7-8-15-22-17-11-9-16(2)10-12-17;/h9-12H,5-8,13-15H2,1-4H3,(H,19,20);1H. The van der Waals surface area contributed by atoms with E-state index in [9.17, 15) is 0 Å². The average molecular weight is 433 g/mol. The summed E-state index contributed by atoms with van der Waals surface area (Å²) < 4.78 is 5.73. The minimum Gasteiger partial charge on any atom is -0.494 e. The van der Waals surface area contributed by atoms with Gasteiger partial charge in [0.05, 0.1) is 6.61 Å². The van der Waals surface area contributed by atoms with Crippen LogP contribution in [0.2, 0.25) is 0 Å². The first kappa shape index (κ1) is 22.0. The van der Waals surface area contributed by atoms with Crippen molar-refractivity contribution in [2.24, 2.45) is 4.99 Å². The molecule has 1 aromatic rings. The van der Waals surface area contributed by atoms with E-state index in [0.29, 0.717) is 0 Å². The lowest BCUT2D eigenvalue weighted by molar-refractivity contribution is 0.306. The van der Waals surface area contributed by atoms with Crippen LogP contribution >= 0.6 is 24.0 Å². The molecule has 0 aliphatic rings. The van der Waals surface area contributed by atoms with E-state index in [1.807, 2.05) is 19.2 Å². The van der Waals surface area contributed by atoms with E-state index < -0.39 is 0 Å². The molecular formula is C18H32IN3O. The molecular weight excluding hydrogens is 401 g/mol. The van der Waals surface area contributed by atoms with Crippen molar-refractivity contribution in [2.75, 3.05) is 33.8 Å². The van der Waals surface area contributed by atoms with Crippen molar-refractivity contribution >= 4 is 29.9 Å². The van der Waals surface area contributed by atoms with Gasteiger partial charge in [-0.05, 0) is 38.3 Å². The van der Waals surface area contributed by atoms with Crippen LogP contribution in [0.5, 0.6) is 5.75 Å². The van der Waals surface area contributed by atoms with Gasteiger partial charge in [-0.25, -0.2) is 0 Å². The Kier molecular flexibility index (Phi) is 12.9. The maximum absolute atomic E-state index is 5.73. The highest BCUT2D eigenvalue weighted by molar-refractivity contribution is 14.0. The summed E-state index contributed by atoms with van der Waals surface area (Å²) in [6.07, 6.45) is 4.52. The number of aliphatic imine (C=N–C) groups is 1. The molecule has 0 unspecified atom stereocenters. The summed E-state index contributed by atoms with van der Waals surface area (Å²) in [7, 11) is 3.93. The van der Waals surface area contributed by atoms with Gasteiger partial charge in [-0.3, -0.25) is 4.99 Å². The summed E-state index contributed by atoms with van der Waals surface area (Å²) in [5.41, 5.74) is 1.26. The van der Waals surface area contributed by atoms with Crippen LogP contribution in [0.4, 0.5) is 0 Å². The predicted molar refractivity (Wildman–Crippen MR) is 110 cm³/mol. The highest BCUT2D eigenvalue weighted by Crippen LogP contribution is 2.11. The van der Waals surface area contributed by atoms with Crippen LogP contribution in [-0.2, 0) is 0 Å². The van der Waals surface area contributed by atoms with Crippen LogP contribution < -0.4 is 10.1 Å². The summed E-state index contributed by atoms with van der Waals surface area (Å²) in [6.45, 7) is 7.03. The number of hydrogen-bond donors (Lipinski definition) is 1. The number of halogens is 1. The second-order valence-electron chi connectivity index (χ2n) is 5.62. The smallest absolute Gasteiger partial charge is 0.193 e. The van der Waals surface area contributed by atoms with Crippen LogP contribution in [0.15, 0.2) is 29.3 Å². The fourth-order valence-corrected chi connectivity index (χ4v) is 2.14. The molecule has 5 heteroatoms. The quantitative estimate of drug-likeness (QED) is 0.276. The molecule has 132 valence electrons. The lowest BCUT2D eigenvalue weighted by Gasteiger charge is -2.21. The van der Waals surface area contributed by atoms with Crippen molar-refractivity contribution in [2.45, 2.75) is 39.5 Å². The van der Waals surface area contributed by atoms with Gasteiger partial charge in [0.15, 0.2) is 5.96 Å². The van der Waals surface area contributed by atoms with Gasteiger partial charge >= 0.3 is 0 Å². The fourth-order valence-electron chi connectivity index (χ4n) is 2.14. The molecule has 1 rings (SSSR count). The van der Waals surface area contributed by atoms with Crippen LogP contribution in [0.25, 0.3) is 0 Å². The number of guanidine groups is 1. The largest absolute Gasteiger partial charge is 0.494 e. The molecule has 4 nitrogen and oxygen atoms in total. The molecule has 1 N–H and O–H groups in total. The number of aryl methyl sites for hydroxylation is 1. The van der Waals surface area contributed by atoms with E-state index in [0.717, 1.165) is 44.2 Å². The lowest BCUT2D eigenvalue weighted by atomic mass is 10.2. The summed E-state index contributed by atoms with van der Waals surface area (Å²) in [5, 5.41) is 3.40. The third-order valence-electron chi connectivity index (χ3n) is 3.56. The normalized spacial score (nSPS) is 10.9. The van der Waals surface area contributed by atoms with Gasteiger partial charge in [0.25, 0.3) is 0 Å². The highest BCUT2D eigenvalue weighted by Gasteiger charge is 2.03. The number of nitrogens with zero attached hydrogens (tertiary/aromatic N) is 2. The SMILES string of the molecule is CCCCN(C)C(=NC)NCCCCOc1ccc(C)cc1.I. The van der Waals surface area contributed by atoms with Crippen LogP contribution in [0.1, 0.15) is 38.2 Å². The first-order valence-corrected chi connectivity index (χ1v) is 8.28. The van der Waals surface area contributed by atoms with E-state index in [4.69, 9.17) is 4.74 Å². The van der Waals surface area contributed by atoms with Gasteiger partial charge in [0.2, 0.25) is 0 Å². The van der Waals surface area contributed by atoms with Crippen molar-refractivity contribution in [3.05, 3.63) is 29.8 Å². The maximum atomic E-state index is 5.73. The molecule has 0 spiro atoms. The first-order valence-electron chi connectivity index (χ1n) is 8.28. The lowest BCUT2D eigenvalue weighted by Crippen LogP contribution is -2.39. The molecule has 0 saturated carbocycles. The minimum atomic E-state index is 0. The topological polar surface area (TPSA) is 36.9 Å². The van der Waals surface area contributed by atoms with Crippen molar-refractivity contribution in [3.8, 4) is 5.75 Å². The maximum Gasteiger partial charge on any atom is 0.193 e. The number of ether oxygens (including phenoxy) is 1. The van der Waals surface area contributed by atoms with Gasteiger partial charge < -0.3 is 15.0 Å². The van der Waals surface area contributed by atoms with E-state index in [1.165, 1.54) is 18.4 Å². The molecule has 0 amide bonds. The zero-order valence-electron chi connectivity index (χ0n) is 15.0. The predicted octanol–water partition coefficient (Wildman–Crippen LogP) is 4.08. The molecule has 0 radical (unpaired) electrons. The Balaban J connectivity index is 0.00000484. The molecule has 23 heavy (non-hydrogen) atoms. The van der Waals surface area contributed by atoms with Gasteiger partial charge in [-0.2, -0.15) is 0 Å². The van der Waals surface area contributed by atoms with Gasteiger partial charge in [0, 0.05) is 27.2 Å². The fraction of sp³-hybridized carbons (Fsp3) is 0.611. The third kappa shape index (κ3) is 9.69.